The minimum Gasteiger partial charge on any atom is -0.313 e. The summed E-state index contributed by atoms with van der Waals surface area (Å²) in [5, 5.41) is 7.94. The standard InChI is InChI=1S/C15H29N5/c1-12(2)8-19(9-14-6-5-7-16-14)10-15-17-11-18-20(15)13(3)4/h11-14,16H,5-10H2,1-4H3. The molecule has 114 valence electrons. The summed E-state index contributed by atoms with van der Waals surface area (Å²) >= 11 is 0. The molecule has 20 heavy (non-hydrogen) atoms. The SMILES string of the molecule is CC(C)CN(Cc1ncnn1C(C)C)CC1CCCN1. The minimum atomic E-state index is 0.373. The van der Waals surface area contributed by atoms with Gasteiger partial charge in [0.25, 0.3) is 0 Å². The van der Waals surface area contributed by atoms with Gasteiger partial charge in [0.15, 0.2) is 0 Å². The Hall–Kier alpha value is -0.940. The molecule has 1 unspecified atom stereocenters. The Balaban J connectivity index is 2.00. The topological polar surface area (TPSA) is 46.0 Å². The fourth-order valence-electron chi connectivity index (χ4n) is 2.96. The molecule has 1 N–H and O–H groups in total. The highest BCUT2D eigenvalue weighted by Crippen LogP contribution is 2.13. The molecule has 1 atom stereocenters. The van der Waals surface area contributed by atoms with Crippen LogP contribution in [0.5, 0.6) is 0 Å². The summed E-state index contributed by atoms with van der Waals surface area (Å²) in [6.45, 7) is 13.2. The van der Waals surface area contributed by atoms with E-state index in [1.807, 2.05) is 4.68 Å². The van der Waals surface area contributed by atoms with Crippen LogP contribution >= 0.6 is 0 Å². The first-order valence-electron chi connectivity index (χ1n) is 7.90. The van der Waals surface area contributed by atoms with E-state index in [4.69, 9.17) is 0 Å². The van der Waals surface area contributed by atoms with Crippen molar-refractivity contribution in [3.63, 3.8) is 0 Å². The lowest BCUT2D eigenvalue weighted by Crippen LogP contribution is -2.39. The summed E-state index contributed by atoms with van der Waals surface area (Å²) in [6.07, 6.45) is 4.28. The Bertz CT molecular complexity index is 393. The first-order valence-corrected chi connectivity index (χ1v) is 7.90. The van der Waals surface area contributed by atoms with Gasteiger partial charge in [-0.3, -0.25) is 4.90 Å². The molecule has 1 aromatic rings. The Labute approximate surface area is 122 Å². The molecule has 0 bridgehead atoms. The molecule has 2 heterocycles. The molecule has 0 amide bonds. The van der Waals surface area contributed by atoms with Crippen LogP contribution in [0.4, 0.5) is 0 Å². The molecule has 0 aliphatic carbocycles. The lowest BCUT2D eigenvalue weighted by atomic mass is 10.1. The van der Waals surface area contributed by atoms with Crippen LogP contribution in [0, 0.1) is 5.92 Å². The second kappa shape index (κ2) is 7.18. The van der Waals surface area contributed by atoms with Crippen LogP contribution in [0.1, 0.15) is 52.4 Å². The summed E-state index contributed by atoms with van der Waals surface area (Å²) in [6, 6.07) is 1.02. The third-order valence-corrected chi connectivity index (χ3v) is 3.77. The van der Waals surface area contributed by atoms with Crippen molar-refractivity contribution in [1.82, 2.24) is 25.0 Å². The van der Waals surface area contributed by atoms with Gasteiger partial charge in [0.1, 0.15) is 12.2 Å². The lowest BCUT2D eigenvalue weighted by molar-refractivity contribution is 0.206. The number of aromatic nitrogens is 3. The van der Waals surface area contributed by atoms with E-state index in [1.165, 1.54) is 19.4 Å². The van der Waals surface area contributed by atoms with Crippen molar-refractivity contribution in [2.24, 2.45) is 5.92 Å². The Morgan fingerprint density at radius 3 is 2.80 bits per heavy atom. The van der Waals surface area contributed by atoms with E-state index in [0.29, 0.717) is 18.0 Å². The molecule has 1 saturated heterocycles. The molecule has 0 aromatic carbocycles. The number of nitrogens with one attached hydrogen (secondary N) is 1. The van der Waals surface area contributed by atoms with E-state index in [1.54, 1.807) is 6.33 Å². The maximum atomic E-state index is 4.45. The Morgan fingerprint density at radius 2 is 2.20 bits per heavy atom. The third kappa shape index (κ3) is 4.28. The Kier molecular flexibility index (Phi) is 5.54. The van der Waals surface area contributed by atoms with Gasteiger partial charge in [0, 0.05) is 25.2 Å². The molecule has 5 nitrogen and oxygen atoms in total. The zero-order valence-electron chi connectivity index (χ0n) is 13.3. The van der Waals surface area contributed by atoms with Crippen LogP contribution in [0.2, 0.25) is 0 Å². The number of hydrogen-bond donors (Lipinski definition) is 1. The molecular formula is C15H29N5. The van der Waals surface area contributed by atoms with Gasteiger partial charge in [-0.15, -0.1) is 0 Å². The van der Waals surface area contributed by atoms with E-state index in [9.17, 15) is 0 Å². The van der Waals surface area contributed by atoms with Gasteiger partial charge in [-0.05, 0) is 39.2 Å². The number of rotatable bonds is 7. The third-order valence-electron chi connectivity index (χ3n) is 3.77. The second-order valence-electron chi connectivity index (χ2n) is 6.60. The zero-order valence-corrected chi connectivity index (χ0v) is 13.3. The van der Waals surface area contributed by atoms with Crippen LogP contribution in [0.3, 0.4) is 0 Å². The highest BCUT2D eigenvalue weighted by Gasteiger charge is 2.20. The molecule has 5 heteroatoms. The summed E-state index contributed by atoms with van der Waals surface area (Å²) in [4.78, 5) is 6.97. The van der Waals surface area contributed by atoms with Gasteiger partial charge in [0.05, 0.1) is 6.54 Å². The zero-order chi connectivity index (χ0) is 14.5. The molecule has 2 rings (SSSR count). The van der Waals surface area contributed by atoms with Crippen molar-refractivity contribution in [1.29, 1.82) is 0 Å². The predicted molar refractivity (Wildman–Crippen MR) is 81.5 cm³/mol. The van der Waals surface area contributed by atoms with Crippen molar-refractivity contribution in [2.45, 2.75) is 59.2 Å². The fourth-order valence-corrected chi connectivity index (χ4v) is 2.96. The van der Waals surface area contributed by atoms with Crippen molar-refractivity contribution in [2.75, 3.05) is 19.6 Å². The van der Waals surface area contributed by atoms with Crippen molar-refractivity contribution < 1.29 is 0 Å². The van der Waals surface area contributed by atoms with E-state index in [0.717, 1.165) is 25.5 Å². The normalized spacial score (nSPS) is 19.6. The van der Waals surface area contributed by atoms with Crippen molar-refractivity contribution in [3.05, 3.63) is 12.2 Å². The van der Waals surface area contributed by atoms with E-state index in [-0.39, 0.29) is 0 Å². The average molecular weight is 279 g/mol. The van der Waals surface area contributed by atoms with E-state index >= 15 is 0 Å². The van der Waals surface area contributed by atoms with Crippen LogP contribution in [0.15, 0.2) is 6.33 Å². The molecule has 1 aliphatic heterocycles. The van der Waals surface area contributed by atoms with E-state index < -0.39 is 0 Å². The van der Waals surface area contributed by atoms with Gasteiger partial charge in [-0.1, -0.05) is 13.8 Å². The molecule has 0 radical (unpaired) electrons. The Morgan fingerprint density at radius 1 is 1.40 bits per heavy atom. The maximum Gasteiger partial charge on any atom is 0.141 e. The summed E-state index contributed by atoms with van der Waals surface area (Å²) in [5.41, 5.74) is 0. The van der Waals surface area contributed by atoms with Crippen LogP contribution in [-0.4, -0.2) is 45.3 Å². The summed E-state index contributed by atoms with van der Waals surface area (Å²) in [7, 11) is 0. The molecular weight excluding hydrogens is 250 g/mol. The van der Waals surface area contributed by atoms with E-state index in [2.05, 4.69) is 48.0 Å². The first-order chi connectivity index (χ1) is 9.56. The molecule has 0 saturated carbocycles. The van der Waals surface area contributed by atoms with Crippen LogP contribution in [-0.2, 0) is 6.54 Å². The molecule has 0 spiro atoms. The highest BCUT2D eigenvalue weighted by atomic mass is 15.4. The average Bonchev–Trinajstić information content (AvgIpc) is 2.99. The summed E-state index contributed by atoms with van der Waals surface area (Å²) < 4.78 is 2.04. The minimum absolute atomic E-state index is 0.373. The second-order valence-corrected chi connectivity index (χ2v) is 6.60. The monoisotopic (exact) mass is 279 g/mol. The summed E-state index contributed by atoms with van der Waals surface area (Å²) in [5.74, 6) is 1.76. The van der Waals surface area contributed by atoms with Gasteiger partial charge in [-0.25, -0.2) is 9.67 Å². The van der Waals surface area contributed by atoms with Crippen LogP contribution < -0.4 is 5.32 Å². The van der Waals surface area contributed by atoms with Gasteiger partial charge in [0.2, 0.25) is 0 Å². The van der Waals surface area contributed by atoms with Gasteiger partial charge >= 0.3 is 0 Å². The first kappa shape index (κ1) is 15.4. The van der Waals surface area contributed by atoms with Crippen molar-refractivity contribution in [3.8, 4) is 0 Å². The smallest absolute Gasteiger partial charge is 0.141 e. The number of nitrogens with zero attached hydrogens (tertiary/aromatic N) is 4. The van der Waals surface area contributed by atoms with Crippen LogP contribution in [0.25, 0.3) is 0 Å². The largest absolute Gasteiger partial charge is 0.313 e. The van der Waals surface area contributed by atoms with Crippen molar-refractivity contribution >= 4 is 0 Å². The number of hydrogen-bond acceptors (Lipinski definition) is 4. The van der Waals surface area contributed by atoms with Gasteiger partial charge in [-0.2, -0.15) is 5.10 Å². The lowest BCUT2D eigenvalue weighted by Gasteiger charge is -2.27. The molecule has 1 fully saturated rings. The molecule has 1 aliphatic rings. The van der Waals surface area contributed by atoms with Gasteiger partial charge < -0.3 is 5.32 Å². The maximum absolute atomic E-state index is 4.45. The quantitative estimate of drug-likeness (QED) is 0.830. The predicted octanol–water partition coefficient (Wildman–Crippen LogP) is 2.07. The molecule has 1 aromatic heterocycles. The highest BCUT2D eigenvalue weighted by molar-refractivity contribution is 4.88. The fraction of sp³-hybridized carbons (Fsp3) is 0.867.